The number of hydrogen-bond acceptors (Lipinski definition) is 9. The number of hydrogen-bond donors (Lipinski definition) is 4. The topological polar surface area (TPSA) is 190 Å². The van der Waals surface area contributed by atoms with Crippen LogP contribution in [-0.2, 0) is 41.2 Å². The van der Waals surface area contributed by atoms with Crippen molar-refractivity contribution in [3.8, 4) is 5.75 Å². The van der Waals surface area contributed by atoms with Gasteiger partial charge < -0.3 is 34.3 Å². The van der Waals surface area contributed by atoms with Gasteiger partial charge in [-0.05, 0) is 73.4 Å². The summed E-state index contributed by atoms with van der Waals surface area (Å²) in [4.78, 5) is 70.5. The zero-order valence-corrected chi connectivity index (χ0v) is 31.2. The number of carbonyl (C=O) groups is 4. The summed E-state index contributed by atoms with van der Waals surface area (Å²) in [6.45, 7) is 13.1. The van der Waals surface area contributed by atoms with E-state index in [-0.39, 0.29) is 36.0 Å². The first-order valence-electron chi connectivity index (χ1n) is 16.1. The van der Waals surface area contributed by atoms with Gasteiger partial charge in [-0.1, -0.05) is 70.5 Å². The first-order valence-corrected chi connectivity index (χ1v) is 18.0. The molecule has 0 spiro atoms. The third-order valence-corrected chi connectivity index (χ3v) is 7.87. The Balaban J connectivity index is 1.84. The SMILES string of the molecule is CCCN(CC(C)(C)Cc1ccc(Cl)cc1)C(=O)C(NC(=O)NCC(C)(C)OC(=O)OCOC(=O)Cc1ccc(OP(=O)(O)O)cc1)C(C)C. The first kappa shape index (κ1) is 42.3. The van der Waals surface area contributed by atoms with Crippen molar-refractivity contribution in [1.29, 1.82) is 0 Å². The standard InChI is InChI=1S/C34H49ClN3O11P/c1-8-17-38(21-33(4,5)19-25-9-13-26(35)14-10-25)30(40)29(23(2)3)37-31(41)36-20-34(6,7)48-32(42)47-22-46-28(39)18-24-11-15-27(16-12-24)49-50(43,44)45/h9-16,23,29H,8,17-22H2,1-7H3,(H2,36,37,41)(H2,43,44,45). The van der Waals surface area contributed by atoms with Gasteiger partial charge in [-0.2, -0.15) is 0 Å². The van der Waals surface area contributed by atoms with Gasteiger partial charge in [0.15, 0.2) is 0 Å². The molecule has 0 radical (unpaired) electrons. The molecule has 0 heterocycles. The van der Waals surface area contributed by atoms with Crippen LogP contribution in [0.5, 0.6) is 5.75 Å². The number of ether oxygens (including phenoxy) is 3. The summed E-state index contributed by atoms with van der Waals surface area (Å²) in [5.74, 6) is -1.23. The van der Waals surface area contributed by atoms with E-state index in [1.807, 2.05) is 45.0 Å². The van der Waals surface area contributed by atoms with Gasteiger partial charge in [0.1, 0.15) is 17.4 Å². The Labute approximate surface area is 298 Å². The molecule has 2 aromatic carbocycles. The van der Waals surface area contributed by atoms with E-state index in [0.717, 1.165) is 18.4 Å². The van der Waals surface area contributed by atoms with Gasteiger partial charge in [0.2, 0.25) is 12.7 Å². The highest BCUT2D eigenvalue weighted by Crippen LogP contribution is 2.37. The average molecular weight is 742 g/mol. The highest BCUT2D eigenvalue weighted by molar-refractivity contribution is 7.46. The van der Waals surface area contributed by atoms with Crippen molar-refractivity contribution in [1.82, 2.24) is 15.5 Å². The van der Waals surface area contributed by atoms with Crippen LogP contribution in [0.4, 0.5) is 9.59 Å². The first-order chi connectivity index (χ1) is 23.2. The van der Waals surface area contributed by atoms with Crippen molar-refractivity contribution in [3.05, 3.63) is 64.7 Å². The molecule has 0 aliphatic rings. The second kappa shape index (κ2) is 19.0. The molecule has 0 saturated heterocycles. The number of phosphoric acid groups is 1. The molecule has 2 rings (SSSR count). The number of carbonyl (C=O) groups excluding carboxylic acids is 4. The largest absolute Gasteiger partial charge is 0.524 e. The van der Waals surface area contributed by atoms with Crippen molar-refractivity contribution >= 4 is 43.5 Å². The molecule has 0 saturated carbocycles. The molecular formula is C34H49ClN3O11P. The lowest BCUT2D eigenvalue weighted by Crippen LogP contribution is -2.56. The summed E-state index contributed by atoms with van der Waals surface area (Å²) in [7, 11) is -4.71. The molecule has 0 aromatic heterocycles. The molecule has 0 fully saturated rings. The van der Waals surface area contributed by atoms with E-state index in [9.17, 15) is 23.7 Å². The summed E-state index contributed by atoms with van der Waals surface area (Å²) in [5, 5.41) is 6.08. The van der Waals surface area contributed by atoms with E-state index in [2.05, 4.69) is 29.0 Å². The van der Waals surface area contributed by atoms with E-state index in [4.69, 9.17) is 35.6 Å². The third-order valence-electron chi connectivity index (χ3n) is 7.17. The van der Waals surface area contributed by atoms with Crippen molar-refractivity contribution in [2.24, 2.45) is 11.3 Å². The number of urea groups is 1. The predicted molar refractivity (Wildman–Crippen MR) is 186 cm³/mol. The minimum atomic E-state index is -4.71. The Kier molecular flexibility index (Phi) is 16.0. The second-order valence-corrected chi connectivity index (χ2v) is 15.2. The number of halogens is 1. The molecule has 14 nitrogen and oxygen atoms in total. The zero-order valence-electron chi connectivity index (χ0n) is 29.6. The molecular weight excluding hydrogens is 693 g/mol. The van der Waals surface area contributed by atoms with Gasteiger partial charge in [0.05, 0.1) is 13.0 Å². The second-order valence-electron chi connectivity index (χ2n) is 13.6. The number of benzene rings is 2. The van der Waals surface area contributed by atoms with Crippen molar-refractivity contribution in [2.45, 2.75) is 79.4 Å². The number of rotatable bonds is 18. The van der Waals surface area contributed by atoms with Crippen LogP contribution in [0, 0.1) is 11.3 Å². The summed E-state index contributed by atoms with van der Waals surface area (Å²) in [5.41, 5.74) is 0.0812. The van der Waals surface area contributed by atoms with Crippen LogP contribution in [0.1, 0.15) is 66.0 Å². The number of nitrogens with zero attached hydrogens (tertiary/aromatic N) is 1. The monoisotopic (exact) mass is 741 g/mol. The van der Waals surface area contributed by atoms with Gasteiger partial charge in [0.25, 0.3) is 0 Å². The normalized spacial score (nSPS) is 12.5. The van der Waals surface area contributed by atoms with Crippen LogP contribution in [-0.4, -0.2) is 76.8 Å². The Morgan fingerprint density at radius 3 is 2.10 bits per heavy atom. The molecule has 2 aromatic rings. The summed E-state index contributed by atoms with van der Waals surface area (Å²) >= 11 is 6.04. The molecule has 0 aliphatic carbocycles. The van der Waals surface area contributed by atoms with Crippen molar-refractivity contribution in [2.75, 3.05) is 26.4 Å². The molecule has 50 heavy (non-hydrogen) atoms. The van der Waals surface area contributed by atoms with Crippen LogP contribution in [0.15, 0.2) is 48.5 Å². The lowest BCUT2D eigenvalue weighted by atomic mass is 9.84. The van der Waals surface area contributed by atoms with E-state index >= 15 is 0 Å². The molecule has 1 atom stereocenters. The Bertz CT molecular complexity index is 1480. The number of esters is 1. The van der Waals surface area contributed by atoms with Crippen molar-refractivity contribution < 1.29 is 52.3 Å². The van der Waals surface area contributed by atoms with Crippen LogP contribution in [0.25, 0.3) is 0 Å². The fourth-order valence-electron chi connectivity index (χ4n) is 4.92. The summed E-state index contributed by atoms with van der Waals surface area (Å²) in [6.07, 6.45) is 0.120. The van der Waals surface area contributed by atoms with Crippen LogP contribution in [0.3, 0.4) is 0 Å². The van der Waals surface area contributed by atoms with E-state index in [0.29, 0.717) is 23.7 Å². The number of nitrogens with one attached hydrogen (secondary N) is 2. The van der Waals surface area contributed by atoms with Gasteiger partial charge >= 0.3 is 26.0 Å². The average Bonchev–Trinajstić information content (AvgIpc) is 2.99. The van der Waals surface area contributed by atoms with Crippen LogP contribution in [0.2, 0.25) is 5.02 Å². The fraction of sp³-hybridized carbons (Fsp3) is 0.529. The Morgan fingerprint density at radius 2 is 1.54 bits per heavy atom. The molecule has 0 aliphatic heterocycles. The van der Waals surface area contributed by atoms with Gasteiger partial charge in [-0.15, -0.1) is 0 Å². The Morgan fingerprint density at radius 1 is 0.940 bits per heavy atom. The van der Waals surface area contributed by atoms with Gasteiger partial charge in [-0.25, -0.2) is 14.2 Å². The maximum Gasteiger partial charge on any atom is 0.524 e. The molecule has 3 amide bonds. The Hall–Kier alpha value is -3.84. The van der Waals surface area contributed by atoms with Gasteiger partial charge in [0, 0.05) is 18.1 Å². The van der Waals surface area contributed by atoms with Gasteiger partial charge in [-0.3, -0.25) is 19.4 Å². The molecule has 16 heteroatoms. The summed E-state index contributed by atoms with van der Waals surface area (Å²) < 4.78 is 30.3. The maximum atomic E-state index is 13.8. The number of amides is 3. The maximum absolute atomic E-state index is 13.8. The zero-order chi connectivity index (χ0) is 37.7. The van der Waals surface area contributed by atoms with Crippen LogP contribution < -0.4 is 15.2 Å². The summed E-state index contributed by atoms with van der Waals surface area (Å²) in [6, 6.07) is 11.6. The quantitative estimate of drug-likeness (QED) is 0.0843. The van der Waals surface area contributed by atoms with Crippen LogP contribution >= 0.6 is 19.4 Å². The highest BCUT2D eigenvalue weighted by atomic mass is 35.5. The van der Waals surface area contributed by atoms with E-state index in [1.54, 1.807) is 4.90 Å². The lowest BCUT2D eigenvalue weighted by Gasteiger charge is -2.36. The molecule has 1 unspecified atom stereocenters. The molecule has 4 N–H and O–H groups in total. The molecule has 0 bridgehead atoms. The number of phosphoric ester groups is 1. The minimum absolute atomic E-state index is 0.0795. The molecule has 278 valence electrons. The smallest absolute Gasteiger partial charge is 0.427 e. The predicted octanol–water partition coefficient (Wildman–Crippen LogP) is 5.62. The van der Waals surface area contributed by atoms with E-state index in [1.165, 1.54) is 38.1 Å². The lowest BCUT2D eigenvalue weighted by molar-refractivity contribution is -0.153. The fourth-order valence-corrected chi connectivity index (χ4v) is 5.44. The third kappa shape index (κ3) is 16.2. The van der Waals surface area contributed by atoms with E-state index < -0.39 is 44.4 Å². The highest BCUT2D eigenvalue weighted by Gasteiger charge is 2.33. The minimum Gasteiger partial charge on any atom is -0.427 e. The van der Waals surface area contributed by atoms with Crippen molar-refractivity contribution in [3.63, 3.8) is 0 Å².